The van der Waals surface area contributed by atoms with Crippen LogP contribution in [0.15, 0.2) is 42.5 Å². The minimum atomic E-state index is -4.20. The predicted molar refractivity (Wildman–Crippen MR) is 105 cm³/mol. The van der Waals surface area contributed by atoms with Crippen molar-refractivity contribution < 1.29 is 22.3 Å². The molecule has 150 valence electrons. The molecule has 0 atom stereocenters. The van der Waals surface area contributed by atoms with E-state index in [1.165, 1.54) is 12.1 Å². The Kier molecular flexibility index (Phi) is 5.13. The van der Waals surface area contributed by atoms with Gasteiger partial charge in [0.25, 0.3) is 5.91 Å². The van der Waals surface area contributed by atoms with E-state index < -0.39 is 28.5 Å². The average molecular weight is 415 g/mol. The number of hydrogen-bond acceptors (Lipinski definition) is 5. The van der Waals surface area contributed by atoms with Crippen LogP contribution in [0.25, 0.3) is 0 Å². The van der Waals surface area contributed by atoms with Gasteiger partial charge in [0.15, 0.2) is 5.82 Å². The van der Waals surface area contributed by atoms with Gasteiger partial charge >= 0.3 is 10.2 Å². The second kappa shape index (κ2) is 7.73. The molecule has 0 aromatic heterocycles. The number of ether oxygens (including phenoxy) is 1. The van der Waals surface area contributed by atoms with Gasteiger partial charge in [-0.1, -0.05) is 42.2 Å². The molecule has 29 heavy (non-hydrogen) atoms. The molecular formula is C20H18FN3O4S. The van der Waals surface area contributed by atoms with E-state index in [1.807, 2.05) is 35.1 Å². The fraction of sp³-hybridized carbons (Fsp3) is 0.250. The molecule has 9 heteroatoms. The molecule has 2 aliphatic heterocycles. The second-order valence-corrected chi connectivity index (χ2v) is 8.30. The summed E-state index contributed by atoms with van der Waals surface area (Å²) in [7, 11) is -4.20. The molecule has 1 amide bonds. The van der Waals surface area contributed by atoms with Crippen LogP contribution < -0.4 is 19.1 Å². The summed E-state index contributed by atoms with van der Waals surface area (Å²) in [5.74, 6) is 4.30. The number of anilines is 1. The fourth-order valence-corrected chi connectivity index (χ4v) is 4.10. The molecule has 0 unspecified atom stereocenters. The topological polar surface area (TPSA) is 87.7 Å². The lowest BCUT2D eigenvalue weighted by molar-refractivity contribution is -0.117. The summed E-state index contributed by atoms with van der Waals surface area (Å²) >= 11 is 0. The van der Waals surface area contributed by atoms with Gasteiger partial charge in [-0.25, -0.2) is 13.4 Å². The first-order valence-corrected chi connectivity index (χ1v) is 10.4. The number of carbonyl (C=O) groups is 1. The van der Waals surface area contributed by atoms with Gasteiger partial charge in [-0.3, -0.25) is 4.79 Å². The van der Waals surface area contributed by atoms with Crippen LogP contribution in [-0.4, -0.2) is 34.0 Å². The molecule has 0 spiro atoms. The molecule has 2 fully saturated rings. The summed E-state index contributed by atoms with van der Waals surface area (Å²) in [4.78, 5) is 11.7. The van der Waals surface area contributed by atoms with Crippen LogP contribution in [0.2, 0.25) is 0 Å². The Morgan fingerprint density at radius 3 is 2.55 bits per heavy atom. The number of rotatable bonds is 4. The molecule has 2 aromatic carbocycles. The van der Waals surface area contributed by atoms with Crippen molar-refractivity contribution in [3.8, 4) is 17.6 Å². The van der Waals surface area contributed by atoms with Crippen LogP contribution >= 0.6 is 0 Å². The highest BCUT2D eigenvalue weighted by Gasteiger charge is 2.38. The predicted octanol–water partition coefficient (Wildman–Crippen LogP) is 1.16. The van der Waals surface area contributed by atoms with Gasteiger partial charge in [-0.05, 0) is 17.7 Å². The summed E-state index contributed by atoms with van der Waals surface area (Å²) in [5, 5.41) is 3.08. The minimum absolute atomic E-state index is 0.0160. The molecule has 2 N–H and O–H groups in total. The summed E-state index contributed by atoms with van der Waals surface area (Å²) in [6.07, 6.45) is 0. The molecule has 4 rings (SSSR count). The van der Waals surface area contributed by atoms with Crippen molar-refractivity contribution in [2.75, 3.05) is 23.9 Å². The van der Waals surface area contributed by atoms with Gasteiger partial charge in [-0.15, -0.1) is 0 Å². The molecule has 2 aromatic rings. The van der Waals surface area contributed by atoms with Crippen LogP contribution in [-0.2, 0) is 21.6 Å². The molecular weight excluding hydrogens is 397 g/mol. The van der Waals surface area contributed by atoms with E-state index in [4.69, 9.17) is 4.74 Å². The zero-order valence-electron chi connectivity index (χ0n) is 15.3. The van der Waals surface area contributed by atoms with Crippen LogP contribution in [0.4, 0.5) is 10.1 Å². The van der Waals surface area contributed by atoms with Crippen molar-refractivity contribution in [2.24, 2.45) is 5.92 Å². The largest absolute Gasteiger partial charge is 0.487 e. The molecule has 2 aliphatic rings. The lowest BCUT2D eigenvalue weighted by Crippen LogP contribution is -2.40. The van der Waals surface area contributed by atoms with E-state index in [1.54, 1.807) is 0 Å². The van der Waals surface area contributed by atoms with Crippen LogP contribution in [0, 0.1) is 23.6 Å². The van der Waals surface area contributed by atoms with Gasteiger partial charge in [-0.2, -0.15) is 8.42 Å². The fourth-order valence-electron chi connectivity index (χ4n) is 2.94. The molecule has 0 bridgehead atoms. The maximum Gasteiger partial charge on any atom is 0.326 e. The Morgan fingerprint density at radius 1 is 1.17 bits per heavy atom. The van der Waals surface area contributed by atoms with Crippen molar-refractivity contribution in [3.63, 3.8) is 0 Å². The quantitative estimate of drug-likeness (QED) is 0.732. The highest BCUT2D eigenvalue weighted by molar-refractivity contribution is 7.92. The summed E-state index contributed by atoms with van der Waals surface area (Å²) in [6.45, 7) is 1.06. The molecule has 0 aliphatic carbocycles. The van der Waals surface area contributed by atoms with Crippen molar-refractivity contribution in [1.82, 2.24) is 10.0 Å². The Balaban J connectivity index is 1.72. The van der Waals surface area contributed by atoms with E-state index in [-0.39, 0.29) is 29.5 Å². The summed E-state index contributed by atoms with van der Waals surface area (Å²) in [6, 6.07) is 12.1. The van der Waals surface area contributed by atoms with Gasteiger partial charge < -0.3 is 10.1 Å². The van der Waals surface area contributed by atoms with E-state index in [2.05, 4.69) is 17.2 Å². The second-order valence-electron chi connectivity index (χ2n) is 6.71. The highest BCUT2D eigenvalue weighted by atomic mass is 32.2. The van der Waals surface area contributed by atoms with Crippen LogP contribution in [0.5, 0.6) is 5.75 Å². The van der Waals surface area contributed by atoms with Crippen molar-refractivity contribution in [1.29, 1.82) is 0 Å². The lowest BCUT2D eigenvalue weighted by atomic mass is 10.0. The standard InChI is InChI=1S/C20H18FN3O4S/c21-19-16(7-6-15-10-22-11-15)8-9-17(28-13-14-4-2-1-3-5-14)20(19)24-12-18(25)23-29(24,26)27/h1-5,8-9,15,22H,10-13H2,(H,23,25). The van der Waals surface area contributed by atoms with Crippen molar-refractivity contribution in [3.05, 3.63) is 59.4 Å². The molecule has 0 saturated carbocycles. The third-order valence-corrected chi connectivity index (χ3v) is 5.96. The third-order valence-electron chi connectivity index (χ3n) is 4.58. The first-order chi connectivity index (χ1) is 13.9. The Hall–Kier alpha value is -3.09. The molecule has 7 nitrogen and oxygen atoms in total. The van der Waals surface area contributed by atoms with E-state index in [0.29, 0.717) is 4.31 Å². The molecule has 2 saturated heterocycles. The zero-order chi connectivity index (χ0) is 20.4. The number of hydrogen-bond donors (Lipinski definition) is 2. The summed E-state index contributed by atoms with van der Waals surface area (Å²) < 4.78 is 48.2. The number of nitrogens with zero attached hydrogens (tertiary/aromatic N) is 1. The van der Waals surface area contributed by atoms with Gasteiger partial charge in [0, 0.05) is 19.0 Å². The smallest absolute Gasteiger partial charge is 0.326 e. The van der Waals surface area contributed by atoms with Gasteiger partial charge in [0.2, 0.25) is 0 Å². The van der Waals surface area contributed by atoms with E-state index in [9.17, 15) is 13.2 Å². The number of benzene rings is 2. The van der Waals surface area contributed by atoms with Crippen molar-refractivity contribution in [2.45, 2.75) is 6.61 Å². The van der Waals surface area contributed by atoms with Gasteiger partial charge in [0.1, 0.15) is 24.6 Å². The maximum absolute atomic E-state index is 15.3. The average Bonchev–Trinajstić information content (AvgIpc) is 2.93. The highest BCUT2D eigenvalue weighted by Crippen LogP contribution is 2.36. The SMILES string of the molecule is O=C1CN(c2c(OCc3ccccc3)ccc(C#CC3CNC3)c2F)S(=O)(=O)N1. The number of halogens is 1. The van der Waals surface area contributed by atoms with Crippen LogP contribution in [0.3, 0.4) is 0 Å². The Bertz CT molecular complexity index is 1110. The molecule has 2 heterocycles. The van der Waals surface area contributed by atoms with E-state index in [0.717, 1.165) is 18.7 Å². The monoisotopic (exact) mass is 415 g/mol. The minimum Gasteiger partial charge on any atom is -0.487 e. The van der Waals surface area contributed by atoms with Gasteiger partial charge in [0.05, 0.1) is 5.56 Å². The van der Waals surface area contributed by atoms with Crippen LogP contribution in [0.1, 0.15) is 11.1 Å². The van der Waals surface area contributed by atoms with Crippen molar-refractivity contribution >= 4 is 21.8 Å². The first kappa shape index (κ1) is 19.2. The maximum atomic E-state index is 15.3. The zero-order valence-corrected chi connectivity index (χ0v) is 16.1. The number of carbonyl (C=O) groups excluding carboxylic acids is 1. The van der Waals surface area contributed by atoms with E-state index >= 15 is 4.39 Å². The molecule has 0 radical (unpaired) electrons. The normalized spacial score (nSPS) is 17.8. The summed E-state index contributed by atoms with van der Waals surface area (Å²) in [5.41, 5.74) is 0.560. The Morgan fingerprint density at radius 2 is 1.93 bits per heavy atom. The number of nitrogens with one attached hydrogen (secondary N) is 2. The lowest BCUT2D eigenvalue weighted by Gasteiger charge is -2.22. The first-order valence-electron chi connectivity index (χ1n) is 8.99. The third kappa shape index (κ3) is 4.04. The number of amides is 1. The Labute approximate surface area is 168 Å².